The molecule has 5 heteroatoms. The molecule has 1 unspecified atom stereocenters. The maximum absolute atomic E-state index is 11.2. The monoisotopic (exact) mass is 257 g/mol. The van der Waals surface area contributed by atoms with Crippen LogP contribution in [0.5, 0.6) is 0 Å². The third kappa shape index (κ3) is 5.30. The van der Waals surface area contributed by atoms with Gasteiger partial charge in [-0.1, -0.05) is 30.3 Å². The van der Waals surface area contributed by atoms with Crippen LogP contribution in [-0.2, 0) is 16.4 Å². The van der Waals surface area contributed by atoms with Crippen LogP contribution in [0.1, 0.15) is 12.0 Å². The lowest BCUT2D eigenvalue weighted by Gasteiger charge is -2.18. The van der Waals surface area contributed by atoms with Gasteiger partial charge in [-0.3, -0.25) is 0 Å². The second kappa shape index (κ2) is 6.14. The Morgan fingerprint density at radius 1 is 1.29 bits per heavy atom. The summed E-state index contributed by atoms with van der Waals surface area (Å²) in [5, 5.41) is 9.74. The van der Waals surface area contributed by atoms with Crippen molar-refractivity contribution >= 4 is 10.0 Å². The zero-order valence-corrected chi connectivity index (χ0v) is 11.0. The first-order chi connectivity index (χ1) is 7.89. The molecular weight excluding hydrogens is 238 g/mol. The van der Waals surface area contributed by atoms with E-state index in [-0.39, 0.29) is 6.54 Å². The van der Waals surface area contributed by atoms with Crippen molar-refractivity contribution in [3.63, 3.8) is 0 Å². The predicted molar refractivity (Wildman–Crippen MR) is 68.2 cm³/mol. The van der Waals surface area contributed by atoms with Crippen LogP contribution in [0.4, 0.5) is 0 Å². The minimum atomic E-state index is -3.21. The largest absolute Gasteiger partial charge is 0.392 e. The summed E-state index contributed by atoms with van der Waals surface area (Å²) in [6.45, 7) is 0.145. The van der Waals surface area contributed by atoms with Crippen LogP contribution in [0.15, 0.2) is 30.3 Å². The molecule has 0 amide bonds. The first-order valence-corrected chi connectivity index (χ1v) is 7.37. The number of rotatable bonds is 6. The van der Waals surface area contributed by atoms with Gasteiger partial charge < -0.3 is 5.11 Å². The van der Waals surface area contributed by atoms with Gasteiger partial charge >= 0.3 is 0 Å². The minimum absolute atomic E-state index is 0.145. The first-order valence-electron chi connectivity index (χ1n) is 5.53. The van der Waals surface area contributed by atoms with E-state index in [0.717, 1.165) is 18.2 Å². The fraction of sp³-hybridized carbons (Fsp3) is 0.500. The van der Waals surface area contributed by atoms with Crippen LogP contribution in [-0.4, -0.2) is 43.8 Å². The molecule has 0 fully saturated rings. The van der Waals surface area contributed by atoms with Crippen LogP contribution in [0, 0.1) is 0 Å². The fourth-order valence-electron chi connectivity index (χ4n) is 1.50. The molecule has 0 saturated heterocycles. The molecule has 1 rings (SSSR count). The number of aryl methyl sites for hydroxylation is 1. The lowest BCUT2D eigenvalue weighted by molar-refractivity contribution is 0.144. The number of hydrogen-bond acceptors (Lipinski definition) is 3. The lowest BCUT2D eigenvalue weighted by atomic mass is 10.1. The van der Waals surface area contributed by atoms with E-state index in [1.165, 1.54) is 11.4 Å². The number of aliphatic hydroxyl groups is 1. The standard InChI is InChI=1S/C12H19NO3S/c1-13(17(2,15)16)10-12(14)9-8-11-6-4-3-5-7-11/h3-7,12,14H,8-10H2,1-2H3. The Morgan fingerprint density at radius 3 is 2.41 bits per heavy atom. The third-order valence-electron chi connectivity index (χ3n) is 2.64. The fourth-order valence-corrected chi connectivity index (χ4v) is 1.94. The number of aliphatic hydroxyl groups excluding tert-OH is 1. The average molecular weight is 257 g/mol. The Bertz CT molecular complexity index is 430. The quantitative estimate of drug-likeness (QED) is 0.822. The van der Waals surface area contributed by atoms with Crippen LogP contribution < -0.4 is 0 Å². The molecule has 96 valence electrons. The molecule has 4 nitrogen and oxygen atoms in total. The molecule has 1 N–H and O–H groups in total. The summed E-state index contributed by atoms with van der Waals surface area (Å²) >= 11 is 0. The SMILES string of the molecule is CN(CC(O)CCc1ccccc1)S(C)(=O)=O. The second-order valence-corrected chi connectivity index (χ2v) is 6.31. The van der Waals surface area contributed by atoms with Crippen molar-refractivity contribution in [3.05, 3.63) is 35.9 Å². The van der Waals surface area contributed by atoms with E-state index < -0.39 is 16.1 Å². The van der Waals surface area contributed by atoms with Crippen LogP contribution in [0.25, 0.3) is 0 Å². The van der Waals surface area contributed by atoms with E-state index in [9.17, 15) is 13.5 Å². The molecule has 0 heterocycles. The topological polar surface area (TPSA) is 57.6 Å². The van der Waals surface area contributed by atoms with E-state index in [4.69, 9.17) is 0 Å². The maximum atomic E-state index is 11.2. The van der Waals surface area contributed by atoms with Gasteiger partial charge in [0.05, 0.1) is 12.4 Å². The molecule has 0 saturated carbocycles. The average Bonchev–Trinajstić information content (AvgIpc) is 2.26. The van der Waals surface area contributed by atoms with Crippen molar-refractivity contribution < 1.29 is 13.5 Å². The summed E-state index contributed by atoms with van der Waals surface area (Å²) in [5.41, 5.74) is 1.15. The van der Waals surface area contributed by atoms with Crippen molar-refractivity contribution in [2.75, 3.05) is 19.8 Å². The normalized spacial score (nSPS) is 13.9. The molecule has 1 aromatic rings. The molecular formula is C12H19NO3S. The molecule has 0 aliphatic rings. The Labute approximate surface area is 103 Å². The smallest absolute Gasteiger partial charge is 0.211 e. The highest BCUT2D eigenvalue weighted by Gasteiger charge is 2.15. The summed E-state index contributed by atoms with van der Waals surface area (Å²) in [7, 11) is -1.73. The summed E-state index contributed by atoms with van der Waals surface area (Å²) in [4.78, 5) is 0. The summed E-state index contributed by atoms with van der Waals surface area (Å²) in [6, 6.07) is 9.83. The highest BCUT2D eigenvalue weighted by molar-refractivity contribution is 7.88. The van der Waals surface area contributed by atoms with Gasteiger partial charge in [-0.2, -0.15) is 0 Å². The molecule has 0 aliphatic carbocycles. The van der Waals surface area contributed by atoms with Crippen molar-refractivity contribution in [2.45, 2.75) is 18.9 Å². The number of likely N-dealkylation sites (N-methyl/N-ethyl adjacent to an activating group) is 1. The van der Waals surface area contributed by atoms with Gasteiger partial charge in [0.15, 0.2) is 0 Å². The zero-order chi connectivity index (χ0) is 12.9. The van der Waals surface area contributed by atoms with Crippen LogP contribution in [0.2, 0.25) is 0 Å². The highest BCUT2D eigenvalue weighted by Crippen LogP contribution is 2.06. The molecule has 17 heavy (non-hydrogen) atoms. The zero-order valence-electron chi connectivity index (χ0n) is 10.2. The Hall–Kier alpha value is -0.910. The molecule has 0 bridgehead atoms. The summed E-state index contributed by atoms with van der Waals surface area (Å²) in [5.74, 6) is 0. The van der Waals surface area contributed by atoms with Gasteiger partial charge in [-0.05, 0) is 18.4 Å². The summed E-state index contributed by atoms with van der Waals surface area (Å²) < 4.78 is 23.5. The van der Waals surface area contributed by atoms with Crippen LogP contribution >= 0.6 is 0 Å². The van der Waals surface area contributed by atoms with E-state index in [0.29, 0.717) is 6.42 Å². The van der Waals surface area contributed by atoms with E-state index in [1.807, 2.05) is 30.3 Å². The van der Waals surface area contributed by atoms with Gasteiger partial charge in [-0.25, -0.2) is 12.7 Å². The maximum Gasteiger partial charge on any atom is 0.211 e. The molecule has 0 aromatic heterocycles. The van der Waals surface area contributed by atoms with E-state index in [2.05, 4.69) is 0 Å². The van der Waals surface area contributed by atoms with E-state index >= 15 is 0 Å². The highest BCUT2D eigenvalue weighted by atomic mass is 32.2. The number of sulfonamides is 1. The number of nitrogens with zero attached hydrogens (tertiary/aromatic N) is 1. The predicted octanol–water partition coefficient (Wildman–Crippen LogP) is 0.871. The molecule has 0 radical (unpaired) electrons. The Morgan fingerprint density at radius 2 is 1.88 bits per heavy atom. The Balaban J connectivity index is 2.38. The molecule has 0 spiro atoms. The van der Waals surface area contributed by atoms with E-state index in [1.54, 1.807) is 0 Å². The van der Waals surface area contributed by atoms with Gasteiger partial charge in [-0.15, -0.1) is 0 Å². The van der Waals surface area contributed by atoms with Crippen molar-refractivity contribution in [1.82, 2.24) is 4.31 Å². The molecule has 0 aliphatic heterocycles. The third-order valence-corrected chi connectivity index (χ3v) is 3.92. The van der Waals surface area contributed by atoms with Crippen molar-refractivity contribution in [3.8, 4) is 0 Å². The Kier molecular flexibility index (Phi) is 5.11. The van der Waals surface area contributed by atoms with Gasteiger partial charge in [0.1, 0.15) is 0 Å². The number of benzene rings is 1. The van der Waals surface area contributed by atoms with Gasteiger partial charge in [0.25, 0.3) is 0 Å². The molecule has 1 aromatic carbocycles. The first kappa shape index (κ1) is 14.2. The lowest BCUT2D eigenvalue weighted by Crippen LogP contribution is -2.33. The second-order valence-electron chi connectivity index (χ2n) is 4.22. The summed E-state index contributed by atoms with van der Waals surface area (Å²) in [6.07, 6.45) is 1.82. The minimum Gasteiger partial charge on any atom is -0.392 e. The van der Waals surface area contributed by atoms with Gasteiger partial charge in [0.2, 0.25) is 10.0 Å². The van der Waals surface area contributed by atoms with Crippen LogP contribution in [0.3, 0.4) is 0 Å². The van der Waals surface area contributed by atoms with Crippen molar-refractivity contribution in [2.24, 2.45) is 0 Å². The van der Waals surface area contributed by atoms with Crippen molar-refractivity contribution in [1.29, 1.82) is 0 Å². The molecule has 1 atom stereocenters. The van der Waals surface area contributed by atoms with Gasteiger partial charge in [0, 0.05) is 13.6 Å². The number of hydrogen-bond donors (Lipinski definition) is 1.